The molecule has 9 heteroatoms. The zero-order chi connectivity index (χ0) is 19.4. The van der Waals surface area contributed by atoms with Gasteiger partial charge in [-0.05, 0) is 24.3 Å². The van der Waals surface area contributed by atoms with Crippen LogP contribution < -0.4 is 16.4 Å². The zero-order valence-electron chi connectivity index (χ0n) is 14.2. The Labute approximate surface area is 168 Å². The van der Waals surface area contributed by atoms with Crippen LogP contribution in [0.15, 0.2) is 36.5 Å². The molecule has 0 atom stereocenters. The number of benzene rings is 1. The summed E-state index contributed by atoms with van der Waals surface area (Å²) < 4.78 is 0.260. The SMILES string of the molecule is Nc1cc2cccnc2c2nc(C(=O)CNC(=O)CNC(=O)CI)ccc12. The number of amides is 2. The lowest BCUT2D eigenvalue weighted by Crippen LogP contribution is -2.39. The summed E-state index contributed by atoms with van der Waals surface area (Å²) in [7, 11) is 0. The molecule has 1 aromatic carbocycles. The molecule has 4 N–H and O–H groups in total. The molecule has 8 nitrogen and oxygen atoms in total. The van der Waals surface area contributed by atoms with Crippen molar-refractivity contribution < 1.29 is 14.4 Å². The lowest BCUT2D eigenvalue weighted by Gasteiger charge is -2.08. The Morgan fingerprint density at radius 1 is 1.04 bits per heavy atom. The summed E-state index contributed by atoms with van der Waals surface area (Å²) in [6.07, 6.45) is 1.65. The molecular formula is C18H16IN5O3. The molecule has 0 aliphatic rings. The first kappa shape index (κ1) is 19.0. The van der Waals surface area contributed by atoms with Gasteiger partial charge >= 0.3 is 0 Å². The Morgan fingerprint density at radius 3 is 2.59 bits per heavy atom. The molecule has 2 aromatic heterocycles. The fraction of sp³-hybridized carbons (Fsp3) is 0.167. The molecule has 0 saturated heterocycles. The summed E-state index contributed by atoms with van der Waals surface area (Å²) >= 11 is 1.89. The van der Waals surface area contributed by atoms with E-state index >= 15 is 0 Å². The van der Waals surface area contributed by atoms with Crippen LogP contribution in [-0.2, 0) is 9.59 Å². The van der Waals surface area contributed by atoms with Crippen molar-refractivity contribution in [1.29, 1.82) is 0 Å². The summed E-state index contributed by atoms with van der Waals surface area (Å²) in [6.45, 7) is -0.392. The molecule has 0 saturated carbocycles. The smallest absolute Gasteiger partial charge is 0.239 e. The van der Waals surface area contributed by atoms with Crippen LogP contribution in [0, 0.1) is 0 Å². The number of alkyl halides is 1. The minimum atomic E-state index is -0.446. The third kappa shape index (κ3) is 4.30. The highest BCUT2D eigenvalue weighted by atomic mass is 127. The van der Waals surface area contributed by atoms with E-state index < -0.39 is 5.91 Å². The molecule has 3 aromatic rings. The molecule has 27 heavy (non-hydrogen) atoms. The molecule has 0 aliphatic carbocycles. The van der Waals surface area contributed by atoms with Crippen molar-refractivity contribution in [3.63, 3.8) is 0 Å². The molecule has 0 bridgehead atoms. The first-order valence-electron chi connectivity index (χ1n) is 8.06. The first-order chi connectivity index (χ1) is 13.0. The number of aromatic nitrogens is 2. The summed E-state index contributed by atoms with van der Waals surface area (Å²) in [5.41, 5.74) is 8.02. The number of anilines is 1. The van der Waals surface area contributed by atoms with Gasteiger partial charge in [-0.1, -0.05) is 28.7 Å². The maximum atomic E-state index is 12.4. The molecule has 2 amide bonds. The predicted molar refractivity (Wildman–Crippen MR) is 111 cm³/mol. The maximum Gasteiger partial charge on any atom is 0.239 e. The molecule has 0 radical (unpaired) electrons. The van der Waals surface area contributed by atoms with Gasteiger partial charge in [0.1, 0.15) is 5.69 Å². The van der Waals surface area contributed by atoms with Crippen LogP contribution in [0.5, 0.6) is 0 Å². The Hall–Kier alpha value is -2.82. The second kappa shape index (κ2) is 8.25. The predicted octanol–water partition coefficient (Wildman–Crippen LogP) is 1.22. The van der Waals surface area contributed by atoms with Gasteiger partial charge < -0.3 is 16.4 Å². The Morgan fingerprint density at radius 2 is 1.81 bits per heavy atom. The third-order valence-corrected chi connectivity index (χ3v) is 4.57. The largest absolute Gasteiger partial charge is 0.398 e. The molecule has 0 spiro atoms. The number of carbonyl (C=O) groups excluding carboxylic acids is 3. The van der Waals surface area contributed by atoms with Crippen molar-refractivity contribution in [2.24, 2.45) is 0 Å². The van der Waals surface area contributed by atoms with E-state index in [4.69, 9.17) is 5.73 Å². The number of nitrogens with two attached hydrogens (primary N) is 1. The van der Waals surface area contributed by atoms with Gasteiger partial charge in [0.05, 0.1) is 28.6 Å². The third-order valence-electron chi connectivity index (χ3n) is 3.88. The van der Waals surface area contributed by atoms with Crippen molar-refractivity contribution in [3.05, 3.63) is 42.2 Å². The van der Waals surface area contributed by atoms with Gasteiger partial charge in [0.2, 0.25) is 11.8 Å². The van der Waals surface area contributed by atoms with Gasteiger partial charge in [0, 0.05) is 22.7 Å². The van der Waals surface area contributed by atoms with Crippen LogP contribution >= 0.6 is 22.6 Å². The molecule has 3 rings (SSSR count). The van der Waals surface area contributed by atoms with Crippen LogP contribution in [-0.4, -0.2) is 45.1 Å². The molecule has 0 unspecified atom stereocenters. The summed E-state index contributed by atoms with van der Waals surface area (Å²) in [6, 6.07) is 8.78. The van der Waals surface area contributed by atoms with Gasteiger partial charge in [-0.25, -0.2) is 4.98 Å². The maximum absolute atomic E-state index is 12.4. The second-order valence-electron chi connectivity index (χ2n) is 5.74. The van der Waals surface area contributed by atoms with Crippen molar-refractivity contribution in [3.8, 4) is 0 Å². The molecular weight excluding hydrogens is 461 g/mol. The fourth-order valence-corrected chi connectivity index (χ4v) is 2.83. The number of fused-ring (bicyclic) bond motifs is 3. The van der Waals surface area contributed by atoms with E-state index in [-0.39, 0.29) is 34.9 Å². The number of nitrogens with zero attached hydrogens (tertiary/aromatic N) is 2. The number of nitrogens with one attached hydrogen (secondary N) is 2. The van der Waals surface area contributed by atoms with Crippen LogP contribution in [0.1, 0.15) is 10.5 Å². The van der Waals surface area contributed by atoms with Gasteiger partial charge in [-0.15, -0.1) is 0 Å². The number of hydrogen-bond donors (Lipinski definition) is 3. The number of Topliss-reactive ketones (excluding diaryl/α,β-unsaturated/α-hetero) is 1. The van der Waals surface area contributed by atoms with Crippen molar-refractivity contribution in [2.45, 2.75) is 0 Å². The number of rotatable bonds is 6. The average molecular weight is 477 g/mol. The monoisotopic (exact) mass is 477 g/mol. The molecule has 0 aliphatic heterocycles. The van der Waals surface area contributed by atoms with Crippen LogP contribution in [0.4, 0.5) is 5.69 Å². The Bertz CT molecular complexity index is 1050. The number of halogens is 1. The second-order valence-corrected chi connectivity index (χ2v) is 6.51. The molecule has 2 heterocycles. The van der Waals surface area contributed by atoms with Crippen molar-refractivity contribution >= 4 is 67.7 Å². The molecule has 0 fully saturated rings. The molecule has 138 valence electrons. The number of nitrogen functional groups attached to an aromatic ring is 1. The van der Waals surface area contributed by atoms with Crippen LogP contribution in [0.25, 0.3) is 21.8 Å². The van der Waals surface area contributed by atoms with Crippen molar-refractivity contribution in [2.75, 3.05) is 23.3 Å². The number of hydrogen-bond acceptors (Lipinski definition) is 6. The number of pyridine rings is 2. The fourth-order valence-electron chi connectivity index (χ4n) is 2.56. The van der Waals surface area contributed by atoms with E-state index in [0.29, 0.717) is 22.1 Å². The van der Waals surface area contributed by atoms with E-state index in [1.165, 1.54) is 0 Å². The topological polar surface area (TPSA) is 127 Å². The van der Waals surface area contributed by atoms with Crippen LogP contribution in [0.3, 0.4) is 0 Å². The summed E-state index contributed by atoms with van der Waals surface area (Å²) in [5, 5.41) is 6.45. The van der Waals surface area contributed by atoms with Gasteiger partial charge in [-0.2, -0.15) is 0 Å². The van der Waals surface area contributed by atoms with Gasteiger partial charge in [0.25, 0.3) is 0 Å². The Kier molecular flexibility index (Phi) is 5.79. The lowest BCUT2D eigenvalue weighted by atomic mass is 10.1. The highest BCUT2D eigenvalue weighted by molar-refractivity contribution is 14.1. The van der Waals surface area contributed by atoms with E-state index in [1.807, 2.05) is 34.7 Å². The first-order valence-corrected chi connectivity index (χ1v) is 9.58. The Balaban J connectivity index is 1.78. The highest BCUT2D eigenvalue weighted by Crippen LogP contribution is 2.27. The quantitative estimate of drug-likeness (QED) is 0.161. The number of ketones is 1. The number of carbonyl (C=O) groups is 3. The minimum Gasteiger partial charge on any atom is -0.398 e. The summed E-state index contributed by atoms with van der Waals surface area (Å²) in [4.78, 5) is 44.0. The highest BCUT2D eigenvalue weighted by Gasteiger charge is 2.13. The zero-order valence-corrected chi connectivity index (χ0v) is 16.3. The van der Waals surface area contributed by atoms with Gasteiger partial charge in [-0.3, -0.25) is 19.4 Å². The van der Waals surface area contributed by atoms with E-state index in [2.05, 4.69) is 20.6 Å². The van der Waals surface area contributed by atoms with E-state index in [9.17, 15) is 14.4 Å². The van der Waals surface area contributed by atoms with E-state index in [0.717, 1.165) is 5.39 Å². The van der Waals surface area contributed by atoms with Gasteiger partial charge in [0.15, 0.2) is 5.78 Å². The van der Waals surface area contributed by atoms with E-state index in [1.54, 1.807) is 24.4 Å². The summed E-state index contributed by atoms with van der Waals surface area (Å²) in [5.74, 6) is -1.04. The minimum absolute atomic E-state index is 0.175. The standard InChI is InChI=1S/C18H16IN5O3/c19-7-15(26)23-9-16(27)22-8-14(25)13-4-3-11-12(20)6-10-2-1-5-21-17(10)18(11)24-13/h1-6H,7-9,20H2,(H,22,27)(H,23,26). The lowest BCUT2D eigenvalue weighted by molar-refractivity contribution is -0.124. The van der Waals surface area contributed by atoms with Crippen LogP contribution in [0.2, 0.25) is 0 Å². The average Bonchev–Trinajstić information content (AvgIpc) is 2.69. The normalized spacial score (nSPS) is 10.7. The van der Waals surface area contributed by atoms with Crippen molar-refractivity contribution in [1.82, 2.24) is 20.6 Å².